The minimum Gasteiger partial charge on any atom is -0.483 e. The fraction of sp³-hybridized carbons (Fsp3) is 0.176. The second-order valence-corrected chi connectivity index (χ2v) is 4.92. The van der Waals surface area contributed by atoms with E-state index in [2.05, 4.69) is 9.97 Å². The van der Waals surface area contributed by atoms with Gasteiger partial charge in [-0.2, -0.15) is 0 Å². The average Bonchev–Trinajstić information content (AvgIpc) is 2.61. The van der Waals surface area contributed by atoms with E-state index in [9.17, 15) is 9.59 Å². The quantitative estimate of drug-likeness (QED) is 0.666. The van der Waals surface area contributed by atoms with Crippen LogP contribution in [0.2, 0.25) is 0 Å². The normalized spacial score (nSPS) is 10.5. The molecule has 1 aromatic carbocycles. The second-order valence-electron chi connectivity index (χ2n) is 4.92. The number of esters is 1. The number of nitrogens with zero attached hydrogens (tertiary/aromatic N) is 3. The van der Waals surface area contributed by atoms with Gasteiger partial charge < -0.3 is 9.47 Å². The highest BCUT2D eigenvalue weighted by Gasteiger charge is 2.16. The maximum Gasteiger partial charge on any atom is 0.345 e. The zero-order valence-electron chi connectivity index (χ0n) is 13.0. The second kappa shape index (κ2) is 6.91. The van der Waals surface area contributed by atoms with Crippen LogP contribution < -0.4 is 10.3 Å². The van der Waals surface area contributed by atoms with Crippen LogP contribution in [0.1, 0.15) is 22.8 Å². The summed E-state index contributed by atoms with van der Waals surface area (Å²) in [5.74, 6) is -0.353. The SMILES string of the molecule is CCOC(=O)c1cnc2c(OCc3ccccc3)cncn2c1=O. The topological polar surface area (TPSA) is 82.8 Å². The summed E-state index contributed by atoms with van der Waals surface area (Å²) in [5.41, 5.74) is 0.580. The van der Waals surface area contributed by atoms with E-state index in [0.29, 0.717) is 18.0 Å². The van der Waals surface area contributed by atoms with Crippen molar-refractivity contribution in [2.45, 2.75) is 13.5 Å². The van der Waals surface area contributed by atoms with Crippen LogP contribution in [-0.2, 0) is 11.3 Å². The minimum atomic E-state index is -0.708. The van der Waals surface area contributed by atoms with E-state index in [1.807, 2.05) is 30.3 Å². The van der Waals surface area contributed by atoms with Crippen molar-refractivity contribution in [3.63, 3.8) is 0 Å². The third kappa shape index (κ3) is 3.10. The van der Waals surface area contributed by atoms with Gasteiger partial charge in [0.25, 0.3) is 5.56 Å². The van der Waals surface area contributed by atoms with Crippen LogP contribution in [0.5, 0.6) is 5.75 Å². The Morgan fingerprint density at radius 2 is 2.00 bits per heavy atom. The first-order valence-electron chi connectivity index (χ1n) is 7.40. The molecule has 0 unspecified atom stereocenters. The Hall–Kier alpha value is -3.22. The molecule has 0 aliphatic carbocycles. The molecule has 0 radical (unpaired) electrons. The fourth-order valence-corrected chi connectivity index (χ4v) is 2.17. The lowest BCUT2D eigenvalue weighted by Crippen LogP contribution is -2.24. The molecule has 7 heteroatoms. The van der Waals surface area contributed by atoms with Crippen molar-refractivity contribution < 1.29 is 14.3 Å². The summed E-state index contributed by atoms with van der Waals surface area (Å²) in [4.78, 5) is 32.3. The van der Waals surface area contributed by atoms with Crippen molar-refractivity contribution in [2.75, 3.05) is 6.61 Å². The number of ether oxygens (including phenoxy) is 2. The van der Waals surface area contributed by atoms with Crippen LogP contribution in [-0.4, -0.2) is 26.9 Å². The maximum absolute atomic E-state index is 12.4. The molecule has 122 valence electrons. The highest BCUT2D eigenvalue weighted by Crippen LogP contribution is 2.16. The van der Waals surface area contributed by atoms with E-state index in [1.165, 1.54) is 23.1 Å². The van der Waals surface area contributed by atoms with Crippen LogP contribution in [0.3, 0.4) is 0 Å². The van der Waals surface area contributed by atoms with Crippen LogP contribution in [0.4, 0.5) is 0 Å². The number of aromatic nitrogens is 3. The van der Waals surface area contributed by atoms with Crippen molar-refractivity contribution in [1.29, 1.82) is 0 Å². The van der Waals surface area contributed by atoms with E-state index >= 15 is 0 Å². The summed E-state index contributed by atoms with van der Waals surface area (Å²) in [6.45, 7) is 2.16. The van der Waals surface area contributed by atoms with E-state index < -0.39 is 11.5 Å². The molecular formula is C17H15N3O4. The summed E-state index contributed by atoms with van der Waals surface area (Å²) in [6, 6.07) is 9.60. The standard InChI is InChI=1S/C17H15N3O4/c1-2-23-17(22)13-8-19-15-14(9-18-11-20(15)16(13)21)24-10-12-6-4-3-5-7-12/h3-9,11H,2,10H2,1H3. The molecule has 0 saturated carbocycles. The number of fused-ring (bicyclic) bond motifs is 1. The third-order valence-electron chi connectivity index (χ3n) is 3.32. The average molecular weight is 325 g/mol. The zero-order valence-corrected chi connectivity index (χ0v) is 13.0. The molecule has 0 atom stereocenters. The van der Waals surface area contributed by atoms with Gasteiger partial charge in [0.2, 0.25) is 0 Å². The van der Waals surface area contributed by atoms with Gasteiger partial charge in [-0.3, -0.25) is 4.79 Å². The molecule has 0 aliphatic rings. The van der Waals surface area contributed by atoms with Crippen molar-refractivity contribution in [3.8, 4) is 5.75 Å². The zero-order chi connectivity index (χ0) is 16.9. The molecule has 2 aromatic heterocycles. The number of carbonyl (C=O) groups is 1. The molecule has 0 saturated heterocycles. The van der Waals surface area contributed by atoms with Crippen LogP contribution >= 0.6 is 0 Å². The van der Waals surface area contributed by atoms with E-state index in [-0.39, 0.29) is 12.2 Å². The van der Waals surface area contributed by atoms with Gasteiger partial charge in [0.1, 0.15) is 18.5 Å². The summed E-state index contributed by atoms with van der Waals surface area (Å²) in [6.07, 6.45) is 3.97. The van der Waals surface area contributed by atoms with Crippen molar-refractivity contribution in [1.82, 2.24) is 14.4 Å². The highest BCUT2D eigenvalue weighted by atomic mass is 16.5. The summed E-state index contributed by atoms with van der Waals surface area (Å²) >= 11 is 0. The molecule has 0 spiro atoms. The van der Waals surface area contributed by atoms with Gasteiger partial charge in [-0.15, -0.1) is 0 Å². The number of hydrogen-bond donors (Lipinski definition) is 0. The predicted octanol–water partition coefficient (Wildman–Crippen LogP) is 1.85. The van der Waals surface area contributed by atoms with Gasteiger partial charge in [0.05, 0.1) is 12.8 Å². The van der Waals surface area contributed by atoms with Crippen molar-refractivity contribution >= 4 is 11.6 Å². The van der Waals surface area contributed by atoms with E-state index in [1.54, 1.807) is 6.92 Å². The molecule has 2 heterocycles. The first kappa shape index (κ1) is 15.7. The fourth-order valence-electron chi connectivity index (χ4n) is 2.17. The Bertz CT molecular complexity index is 922. The molecular weight excluding hydrogens is 310 g/mol. The Morgan fingerprint density at radius 3 is 2.75 bits per heavy atom. The van der Waals surface area contributed by atoms with E-state index in [4.69, 9.17) is 9.47 Å². The third-order valence-corrected chi connectivity index (χ3v) is 3.32. The van der Waals surface area contributed by atoms with Gasteiger partial charge >= 0.3 is 5.97 Å². The molecule has 24 heavy (non-hydrogen) atoms. The molecule has 0 aliphatic heterocycles. The smallest absolute Gasteiger partial charge is 0.345 e. The lowest BCUT2D eigenvalue weighted by molar-refractivity contribution is 0.0523. The monoisotopic (exact) mass is 325 g/mol. The Labute approximate surface area is 137 Å². The van der Waals surface area contributed by atoms with Crippen LogP contribution in [0, 0.1) is 0 Å². The first-order chi connectivity index (χ1) is 11.7. The van der Waals surface area contributed by atoms with Crippen molar-refractivity contribution in [3.05, 3.63) is 70.5 Å². The lowest BCUT2D eigenvalue weighted by atomic mass is 10.2. The lowest BCUT2D eigenvalue weighted by Gasteiger charge is -2.09. The highest BCUT2D eigenvalue weighted by molar-refractivity contribution is 5.88. The Morgan fingerprint density at radius 1 is 1.21 bits per heavy atom. The van der Waals surface area contributed by atoms with Gasteiger partial charge in [-0.1, -0.05) is 30.3 Å². The molecule has 0 N–H and O–H groups in total. The number of benzene rings is 1. The summed E-state index contributed by atoms with van der Waals surface area (Å²) in [7, 11) is 0. The molecule has 3 rings (SSSR count). The first-order valence-corrected chi connectivity index (χ1v) is 7.40. The largest absolute Gasteiger partial charge is 0.483 e. The molecule has 7 nitrogen and oxygen atoms in total. The maximum atomic E-state index is 12.4. The summed E-state index contributed by atoms with van der Waals surface area (Å²) in [5, 5.41) is 0. The molecule has 0 fully saturated rings. The van der Waals surface area contributed by atoms with Crippen molar-refractivity contribution in [2.24, 2.45) is 0 Å². The van der Waals surface area contributed by atoms with E-state index in [0.717, 1.165) is 5.56 Å². The van der Waals surface area contributed by atoms with Crippen LogP contribution in [0.25, 0.3) is 5.65 Å². The number of rotatable bonds is 5. The van der Waals surface area contributed by atoms with Gasteiger partial charge in [-0.25, -0.2) is 19.2 Å². The van der Waals surface area contributed by atoms with Crippen LogP contribution in [0.15, 0.2) is 53.8 Å². The predicted molar refractivity (Wildman–Crippen MR) is 86.0 cm³/mol. The Balaban J connectivity index is 1.94. The molecule has 0 amide bonds. The minimum absolute atomic E-state index is 0.142. The molecule has 3 aromatic rings. The molecule has 0 bridgehead atoms. The van der Waals surface area contributed by atoms with Gasteiger partial charge in [0.15, 0.2) is 11.4 Å². The summed E-state index contributed by atoms with van der Waals surface area (Å²) < 4.78 is 11.7. The van der Waals surface area contributed by atoms with Gasteiger partial charge in [0, 0.05) is 6.20 Å². The Kier molecular flexibility index (Phi) is 4.51. The number of hydrogen-bond acceptors (Lipinski definition) is 6. The number of carbonyl (C=O) groups excluding carboxylic acids is 1. The van der Waals surface area contributed by atoms with Gasteiger partial charge in [-0.05, 0) is 12.5 Å².